The SMILES string of the molecule is Cc1ccc(OC2CC3CCC2N(C(=O)c2cccnc2-c2ncco2)C3)nc1. The van der Waals surface area contributed by atoms with Crippen molar-refractivity contribution in [2.75, 3.05) is 6.54 Å². The summed E-state index contributed by atoms with van der Waals surface area (Å²) in [4.78, 5) is 28.3. The van der Waals surface area contributed by atoms with Gasteiger partial charge in [0.15, 0.2) is 0 Å². The highest BCUT2D eigenvalue weighted by Gasteiger charge is 2.45. The molecule has 6 rings (SSSR count). The number of aryl methyl sites for hydroxylation is 1. The van der Waals surface area contributed by atoms with Gasteiger partial charge in [0.25, 0.3) is 5.91 Å². The molecule has 1 saturated carbocycles. The zero-order valence-corrected chi connectivity index (χ0v) is 16.2. The first-order valence-electron chi connectivity index (χ1n) is 9.94. The number of rotatable bonds is 4. The Kier molecular flexibility index (Phi) is 4.50. The van der Waals surface area contributed by atoms with Gasteiger partial charge in [-0.25, -0.2) is 9.97 Å². The van der Waals surface area contributed by atoms with E-state index in [0.717, 1.165) is 31.4 Å². The molecule has 2 bridgehead atoms. The molecule has 7 nitrogen and oxygen atoms in total. The maximum Gasteiger partial charge on any atom is 0.256 e. The third-order valence-corrected chi connectivity index (χ3v) is 5.81. The van der Waals surface area contributed by atoms with Crippen LogP contribution in [0.2, 0.25) is 0 Å². The first-order chi connectivity index (χ1) is 14.2. The molecular formula is C22H22N4O3. The number of amides is 1. The highest BCUT2D eigenvalue weighted by atomic mass is 16.5. The van der Waals surface area contributed by atoms with E-state index in [2.05, 4.69) is 15.0 Å². The summed E-state index contributed by atoms with van der Waals surface area (Å²) in [7, 11) is 0. The number of ether oxygens (including phenoxy) is 1. The number of hydrogen-bond acceptors (Lipinski definition) is 6. The maximum atomic E-state index is 13.5. The summed E-state index contributed by atoms with van der Waals surface area (Å²) in [5, 5.41) is 0. The second kappa shape index (κ2) is 7.31. The Labute approximate surface area is 168 Å². The third-order valence-electron chi connectivity index (χ3n) is 5.81. The molecule has 0 aromatic carbocycles. The van der Waals surface area contributed by atoms with Crippen LogP contribution in [0.4, 0.5) is 0 Å². The Hall–Kier alpha value is -3.22. The van der Waals surface area contributed by atoms with E-state index in [-0.39, 0.29) is 18.1 Å². The summed E-state index contributed by atoms with van der Waals surface area (Å²) < 4.78 is 11.6. The molecule has 1 amide bonds. The van der Waals surface area contributed by atoms with Crippen LogP contribution in [0.15, 0.2) is 53.5 Å². The number of carbonyl (C=O) groups is 1. The van der Waals surface area contributed by atoms with Crippen LogP contribution in [0.5, 0.6) is 5.88 Å². The zero-order chi connectivity index (χ0) is 19.8. The quantitative estimate of drug-likeness (QED) is 0.678. The number of oxazole rings is 1. The summed E-state index contributed by atoms with van der Waals surface area (Å²) in [5.41, 5.74) is 2.08. The Bertz CT molecular complexity index is 1000. The second-order valence-electron chi connectivity index (χ2n) is 7.77. The van der Waals surface area contributed by atoms with E-state index in [1.807, 2.05) is 24.0 Å². The van der Waals surface area contributed by atoms with Gasteiger partial charge in [0.05, 0.1) is 17.8 Å². The molecule has 0 radical (unpaired) electrons. The van der Waals surface area contributed by atoms with Crippen LogP contribution in [0.25, 0.3) is 11.6 Å². The van der Waals surface area contributed by atoms with Crippen molar-refractivity contribution < 1.29 is 13.9 Å². The van der Waals surface area contributed by atoms with Crippen LogP contribution in [-0.2, 0) is 0 Å². The summed E-state index contributed by atoms with van der Waals surface area (Å²) in [6.07, 6.45) is 9.44. The number of hydrogen-bond donors (Lipinski definition) is 0. The molecule has 0 spiro atoms. The molecule has 3 aromatic heterocycles. The fourth-order valence-corrected chi connectivity index (χ4v) is 4.41. The molecule has 2 saturated heterocycles. The van der Waals surface area contributed by atoms with Gasteiger partial charge in [0.1, 0.15) is 18.1 Å². The van der Waals surface area contributed by atoms with Crippen LogP contribution >= 0.6 is 0 Å². The van der Waals surface area contributed by atoms with E-state index in [4.69, 9.17) is 9.15 Å². The highest BCUT2D eigenvalue weighted by Crippen LogP contribution is 2.38. The monoisotopic (exact) mass is 390 g/mol. The zero-order valence-electron chi connectivity index (χ0n) is 16.2. The molecule has 3 fully saturated rings. The summed E-state index contributed by atoms with van der Waals surface area (Å²) in [6.45, 7) is 2.74. The van der Waals surface area contributed by atoms with Gasteiger partial charge in [-0.05, 0) is 49.8 Å². The number of piperidine rings is 2. The minimum atomic E-state index is -0.0523. The average Bonchev–Trinajstić information content (AvgIpc) is 3.30. The van der Waals surface area contributed by atoms with Gasteiger partial charge in [0, 0.05) is 25.0 Å². The number of nitrogens with zero attached hydrogens (tertiary/aromatic N) is 4. The van der Waals surface area contributed by atoms with Crippen molar-refractivity contribution in [3.8, 4) is 17.5 Å². The van der Waals surface area contributed by atoms with Crippen molar-refractivity contribution in [2.45, 2.75) is 38.3 Å². The number of carbonyl (C=O) groups excluding carboxylic acids is 1. The highest BCUT2D eigenvalue weighted by molar-refractivity contribution is 5.99. The van der Waals surface area contributed by atoms with Crippen molar-refractivity contribution in [3.05, 3.63) is 60.2 Å². The molecule has 1 aliphatic carbocycles. The van der Waals surface area contributed by atoms with Gasteiger partial charge in [-0.15, -0.1) is 0 Å². The van der Waals surface area contributed by atoms with E-state index in [1.54, 1.807) is 30.7 Å². The van der Waals surface area contributed by atoms with Gasteiger partial charge in [0.2, 0.25) is 11.8 Å². The molecule has 5 heterocycles. The van der Waals surface area contributed by atoms with E-state index < -0.39 is 0 Å². The Morgan fingerprint density at radius 2 is 2.10 bits per heavy atom. The molecule has 3 unspecified atom stereocenters. The van der Waals surface area contributed by atoms with Gasteiger partial charge in [-0.3, -0.25) is 9.78 Å². The summed E-state index contributed by atoms with van der Waals surface area (Å²) >= 11 is 0. The molecule has 7 heteroatoms. The number of aromatic nitrogens is 3. The van der Waals surface area contributed by atoms with E-state index in [1.165, 1.54) is 6.26 Å². The van der Waals surface area contributed by atoms with Crippen LogP contribution in [0.1, 0.15) is 35.2 Å². The Morgan fingerprint density at radius 1 is 1.17 bits per heavy atom. The number of pyridine rings is 2. The normalized spacial score (nSPS) is 23.2. The smallest absolute Gasteiger partial charge is 0.256 e. The lowest BCUT2D eigenvalue weighted by molar-refractivity contribution is -0.0313. The molecule has 0 N–H and O–H groups in total. The van der Waals surface area contributed by atoms with Gasteiger partial charge in [-0.2, -0.15) is 0 Å². The van der Waals surface area contributed by atoms with E-state index in [0.29, 0.717) is 28.9 Å². The van der Waals surface area contributed by atoms with E-state index in [9.17, 15) is 4.79 Å². The van der Waals surface area contributed by atoms with Crippen LogP contribution in [-0.4, -0.2) is 44.4 Å². The minimum absolute atomic E-state index is 0.0215. The summed E-state index contributed by atoms with van der Waals surface area (Å²) in [5.74, 6) is 1.35. The number of fused-ring (bicyclic) bond motifs is 3. The van der Waals surface area contributed by atoms with Crippen molar-refractivity contribution in [2.24, 2.45) is 5.92 Å². The molecule has 3 aromatic rings. The Balaban J connectivity index is 1.41. The fourth-order valence-electron chi connectivity index (χ4n) is 4.41. The first-order valence-corrected chi connectivity index (χ1v) is 9.94. The lowest BCUT2D eigenvalue weighted by Crippen LogP contribution is -2.59. The lowest BCUT2D eigenvalue weighted by Gasteiger charge is -2.49. The van der Waals surface area contributed by atoms with Crippen molar-refractivity contribution in [1.82, 2.24) is 19.9 Å². The van der Waals surface area contributed by atoms with Gasteiger partial charge < -0.3 is 14.1 Å². The Morgan fingerprint density at radius 3 is 2.86 bits per heavy atom. The molecular weight excluding hydrogens is 368 g/mol. The summed E-state index contributed by atoms with van der Waals surface area (Å²) in [6, 6.07) is 7.46. The first kappa shape index (κ1) is 17.8. The molecule has 3 atom stereocenters. The van der Waals surface area contributed by atoms with E-state index >= 15 is 0 Å². The predicted octanol–water partition coefficient (Wildman–Crippen LogP) is 3.51. The molecule has 148 valence electrons. The lowest BCUT2D eigenvalue weighted by atomic mass is 9.77. The van der Waals surface area contributed by atoms with Crippen LogP contribution in [0, 0.1) is 12.8 Å². The predicted molar refractivity (Wildman–Crippen MR) is 105 cm³/mol. The molecule has 2 aliphatic heterocycles. The topological polar surface area (TPSA) is 81.4 Å². The van der Waals surface area contributed by atoms with Crippen molar-refractivity contribution >= 4 is 5.91 Å². The van der Waals surface area contributed by atoms with Gasteiger partial charge in [-0.1, -0.05) is 6.07 Å². The van der Waals surface area contributed by atoms with Crippen molar-refractivity contribution in [3.63, 3.8) is 0 Å². The standard InChI is InChI=1S/C22H22N4O3/c1-14-4-7-19(25-12-14)29-18-11-15-5-6-17(18)26(13-15)22(27)16-3-2-8-23-20(16)21-24-9-10-28-21/h2-4,7-10,12,15,17-18H,5-6,11,13H2,1H3. The van der Waals surface area contributed by atoms with Crippen LogP contribution < -0.4 is 4.74 Å². The second-order valence-corrected chi connectivity index (χ2v) is 7.77. The van der Waals surface area contributed by atoms with Gasteiger partial charge >= 0.3 is 0 Å². The maximum absolute atomic E-state index is 13.5. The third kappa shape index (κ3) is 3.37. The average molecular weight is 390 g/mol. The molecule has 29 heavy (non-hydrogen) atoms. The minimum Gasteiger partial charge on any atom is -0.472 e. The molecule has 3 aliphatic rings. The largest absolute Gasteiger partial charge is 0.472 e. The van der Waals surface area contributed by atoms with Crippen LogP contribution in [0.3, 0.4) is 0 Å². The van der Waals surface area contributed by atoms with Crippen molar-refractivity contribution in [1.29, 1.82) is 0 Å². The fraction of sp³-hybridized carbons (Fsp3) is 0.364.